The quantitative estimate of drug-likeness (QED) is 0.767. The summed E-state index contributed by atoms with van der Waals surface area (Å²) in [6.07, 6.45) is 6.08. The van der Waals surface area contributed by atoms with Crippen LogP contribution in [0.15, 0.2) is 22.7 Å². The lowest BCUT2D eigenvalue weighted by molar-refractivity contribution is -0.123. The van der Waals surface area contributed by atoms with Crippen LogP contribution in [-0.2, 0) is 11.2 Å². The number of ketones is 1. The summed E-state index contributed by atoms with van der Waals surface area (Å²) in [6, 6.07) is 4.83. The third-order valence-corrected chi connectivity index (χ3v) is 4.85. The Morgan fingerprint density at radius 1 is 1.32 bits per heavy atom. The molecule has 3 heteroatoms. The van der Waals surface area contributed by atoms with E-state index < -0.39 is 0 Å². The average molecular weight is 327 g/mol. The van der Waals surface area contributed by atoms with E-state index in [2.05, 4.69) is 22.9 Å². The van der Waals surface area contributed by atoms with Crippen molar-refractivity contribution >= 4 is 21.7 Å². The van der Waals surface area contributed by atoms with Gasteiger partial charge >= 0.3 is 0 Å². The molecule has 2 rings (SSSR count). The molecule has 0 heterocycles. The first kappa shape index (κ1) is 14.7. The molecule has 1 aromatic carbocycles. The molecule has 0 N–H and O–H groups in total. The molecule has 1 aliphatic carbocycles. The Bertz CT molecular complexity index is 450. The molecule has 1 saturated carbocycles. The highest BCUT2D eigenvalue weighted by Crippen LogP contribution is 2.31. The number of benzene rings is 1. The van der Waals surface area contributed by atoms with Gasteiger partial charge in [-0.2, -0.15) is 0 Å². The van der Waals surface area contributed by atoms with Crippen molar-refractivity contribution in [2.24, 2.45) is 11.8 Å². The van der Waals surface area contributed by atoms with Gasteiger partial charge in [-0.25, -0.2) is 4.39 Å². The third-order valence-electron chi connectivity index (χ3n) is 4.24. The van der Waals surface area contributed by atoms with E-state index in [1.54, 1.807) is 12.1 Å². The third kappa shape index (κ3) is 3.88. The molecule has 0 aliphatic heterocycles. The van der Waals surface area contributed by atoms with Gasteiger partial charge in [0.05, 0.1) is 4.47 Å². The summed E-state index contributed by atoms with van der Waals surface area (Å²) in [7, 11) is 0. The van der Waals surface area contributed by atoms with Crippen molar-refractivity contribution in [3.05, 3.63) is 34.1 Å². The fourth-order valence-corrected chi connectivity index (χ4v) is 3.31. The maximum atomic E-state index is 13.1. The molecule has 1 aromatic rings. The molecule has 19 heavy (non-hydrogen) atoms. The topological polar surface area (TPSA) is 17.1 Å². The van der Waals surface area contributed by atoms with E-state index >= 15 is 0 Å². The van der Waals surface area contributed by atoms with Gasteiger partial charge in [0.2, 0.25) is 0 Å². The molecule has 1 nitrogen and oxygen atoms in total. The fraction of sp³-hybridized carbons (Fsp3) is 0.562. The van der Waals surface area contributed by atoms with Crippen LogP contribution in [0.25, 0.3) is 0 Å². The van der Waals surface area contributed by atoms with Gasteiger partial charge in [0.25, 0.3) is 0 Å². The molecule has 0 amide bonds. The zero-order chi connectivity index (χ0) is 13.8. The minimum atomic E-state index is -0.278. The van der Waals surface area contributed by atoms with Crippen LogP contribution in [-0.4, -0.2) is 5.78 Å². The molecule has 0 spiro atoms. The van der Waals surface area contributed by atoms with Gasteiger partial charge in [-0.1, -0.05) is 19.4 Å². The number of carbonyl (C=O) groups is 1. The fourth-order valence-electron chi connectivity index (χ4n) is 2.89. The lowest BCUT2D eigenvalue weighted by Gasteiger charge is -2.26. The minimum absolute atomic E-state index is 0.214. The Labute approximate surface area is 122 Å². The molecule has 1 fully saturated rings. The van der Waals surface area contributed by atoms with Crippen molar-refractivity contribution in [2.75, 3.05) is 0 Å². The standard InChI is InChI=1S/C16H20BrFO/c1-2-11-3-6-13(7-4-11)16(19)10-12-5-8-15(18)14(17)9-12/h5,8-9,11,13H,2-4,6-7,10H2,1H3. The van der Waals surface area contributed by atoms with Gasteiger partial charge in [0.15, 0.2) is 0 Å². The van der Waals surface area contributed by atoms with E-state index in [4.69, 9.17) is 0 Å². The number of hydrogen-bond acceptors (Lipinski definition) is 1. The SMILES string of the molecule is CCC1CCC(C(=O)Cc2ccc(F)c(Br)c2)CC1. The number of Topliss-reactive ketones (excluding diaryl/α,β-unsaturated/α-hetero) is 1. The van der Waals surface area contributed by atoms with Crippen LogP contribution in [0.5, 0.6) is 0 Å². The van der Waals surface area contributed by atoms with Crippen molar-refractivity contribution in [3.63, 3.8) is 0 Å². The van der Waals surface area contributed by atoms with E-state index in [1.165, 1.54) is 25.3 Å². The molecule has 1 aliphatic rings. The number of rotatable bonds is 4. The first-order valence-corrected chi connectivity index (χ1v) is 7.86. The number of carbonyl (C=O) groups excluding carboxylic acids is 1. The smallest absolute Gasteiger partial charge is 0.140 e. The molecule has 0 unspecified atom stereocenters. The highest BCUT2D eigenvalue weighted by atomic mass is 79.9. The Morgan fingerprint density at radius 3 is 2.58 bits per heavy atom. The maximum absolute atomic E-state index is 13.1. The van der Waals surface area contributed by atoms with Gasteiger partial charge in [-0.05, 0) is 65.2 Å². The second-order valence-electron chi connectivity index (χ2n) is 5.52. The summed E-state index contributed by atoms with van der Waals surface area (Å²) in [5, 5.41) is 0. The summed E-state index contributed by atoms with van der Waals surface area (Å²) in [5.74, 6) is 1.06. The Morgan fingerprint density at radius 2 is 2.00 bits per heavy atom. The van der Waals surface area contributed by atoms with Crippen molar-refractivity contribution < 1.29 is 9.18 Å². The van der Waals surface area contributed by atoms with E-state index in [-0.39, 0.29) is 11.7 Å². The Kier molecular flexibility index (Phi) is 5.14. The molecular formula is C16H20BrFO. The van der Waals surface area contributed by atoms with Gasteiger partial charge in [0, 0.05) is 12.3 Å². The second kappa shape index (κ2) is 6.65. The lowest BCUT2D eigenvalue weighted by atomic mass is 9.78. The van der Waals surface area contributed by atoms with E-state index in [1.807, 2.05) is 0 Å². The maximum Gasteiger partial charge on any atom is 0.140 e. The van der Waals surface area contributed by atoms with Crippen molar-refractivity contribution in [3.8, 4) is 0 Å². The molecule has 0 atom stereocenters. The van der Waals surface area contributed by atoms with Crippen molar-refractivity contribution in [1.82, 2.24) is 0 Å². The van der Waals surface area contributed by atoms with Crippen LogP contribution in [0.2, 0.25) is 0 Å². The molecule has 0 aromatic heterocycles. The molecule has 0 bridgehead atoms. The predicted molar refractivity (Wildman–Crippen MR) is 78.6 cm³/mol. The second-order valence-corrected chi connectivity index (χ2v) is 6.37. The zero-order valence-corrected chi connectivity index (χ0v) is 12.9. The van der Waals surface area contributed by atoms with Gasteiger partial charge in [0.1, 0.15) is 11.6 Å². The van der Waals surface area contributed by atoms with Crippen LogP contribution in [0, 0.1) is 17.7 Å². The van der Waals surface area contributed by atoms with Crippen LogP contribution < -0.4 is 0 Å². The molecule has 0 saturated heterocycles. The summed E-state index contributed by atoms with van der Waals surface area (Å²) >= 11 is 3.16. The molecule has 0 radical (unpaired) electrons. The summed E-state index contributed by atoms with van der Waals surface area (Å²) in [6.45, 7) is 2.23. The van der Waals surface area contributed by atoms with Crippen LogP contribution in [0.4, 0.5) is 4.39 Å². The van der Waals surface area contributed by atoms with Gasteiger partial charge in [-0.15, -0.1) is 0 Å². The van der Waals surface area contributed by atoms with E-state index in [0.717, 1.165) is 24.3 Å². The lowest BCUT2D eigenvalue weighted by Crippen LogP contribution is -2.23. The normalized spacial score (nSPS) is 23.3. The summed E-state index contributed by atoms with van der Waals surface area (Å²) in [4.78, 5) is 12.2. The van der Waals surface area contributed by atoms with E-state index in [0.29, 0.717) is 16.7 Å². The predicted octanol–water partition coefficient (Wildman–Crippen LogP) is 4.92. The minimum Gasteiger partial charge on any atom is -0.299 e. The monoisotopic (exact) mass is 326 g/mol. The van der Waals surface area contributed by atoms with E-state index in [9.17, 15) is 9.18 Å². The van der Waals surface area contributed by atoms with Crippen molar-refractivity contribution in [1.29, 1.82) is 0 Å². The van der Waals surface area contributed by atoms with Gasteiger partial charge in [-0.3, -0.25) is 4.79 Å². The van der Waals surface area contributed by atoms with Gasteiger partial charge < -0.3 is 0 Å². The number of hydrogen-bond donors (Lipinski definition) is 0. The molecule has 104 valence electrons. The summed E-state index contributed by atoms with van der Waals surface area (Å²) in [5.41, 5.74) is 0.899. The Hall–Kier alpha value is -0.700. The van der Waals surface area contributed by atoms with Crippen LogP contribution in [0.3, 0.4) is 0 Å². The van der Waals surface area contributed by atoms with Crippen molar-refractivity contribution in [2.45, 2.75) is 45.4 Å². The van der Waals surface area contributed by atoms with Crippen LogP contribution >= 0.6 is 15.9 Å². The largest absolute Gasteiger partial charge is 0.299 e. The zero-order valence-electron chi connectivity index (χ0n) is 11.3. The summed E-state index contributed by atoms with van der Waals surface area (Å²) < 4.78 is 13.6. The number of halogens is 2. The highest BCUT2D eigenvalue weighted by Gasteiger charge is 2.25. The first-order chi connectivity index (χ1) is 9.10. The molecular weight excluding hydrogens is 307 g/mol. The first-order valence-electron chi connectivity index (χ1n) is 7.06. The van der Waals surface area contributed by atoms with Crippen LogP contribution in [0.1, 0.15) is 44.6 Å². The Balaban J connectivity index is 1.92. The average Bonchev–Trinajstić information content (AvgIpc) is 2.43. The highest BCUT2D eigenvalue weighted by molar-refractivity contribution is 9.10.